The zero-order valence-electron chi connectivity index (χ0n) is 17.3. The lowest BCUT2D eigenvalue weighted by Gasteiger charge is -2.36. The number of anilines is 2. The second kappa shape index (κ2) is 9.34. The number of nitrogens with zero attached hydrogens (tertiary/aromatic N) is 3. The molecule has 1 N–H and O–H groups in total. The molecule has 5 heteroatoms. The van der Waals surface area contributed by atoms with E-state index in [4.69, 9.17) is 0 Å². The molecule has 0 saturated carbocycles. The van der Waals surface area contributed by atoms with Crippen LogP contribution in [-0.2, 0) is 0 Å². The number of nitrogens with one attached hydrogen (secondary N) is 1. The van der Waals surface area contributed by atoms with Gasteiger partial charge in [-0.05, 0) is 55.4 Å². The fourth-order valence-electron chi connectivity index (χ4n) is 3.89. The van der Waals surface area contributed by atoms with Gasteiger partial charge in [0.2, 0.25) is 0 Å². The predicted octanol–water partition coefficient (Wildman–Crippen LogP) is 3.80. The number of piperazine rings is 1. The van der Waals surface area contributed by atoms with E-state index in [1.54, 1.807) is 0 Å². The summed E-state index contributed by atoms with van der Waals surface area (Å²) in [7, 11) is 0. The van der Waals surface area contributed by atoms with Crippen LogP contribution in [0, 0.1) is 11.8 Å². The van der Waals surface area contributed by atoms with Crippen LogP contribution >= 0.6 is 0 Å². The molecule has 27 heavy (non-hydrogen) atoms. The van der Waals surface area contributed by atoms with Gasteiger partial charge in [-0.25, -0.2) is 4.79 Å². The van der Waals surface area contributed by atoms with E-state index in [0.29, 0.717) is 5.92 Å². The van der Waals surface area contributed by atoms with E-state index in [0.717, 1.165) is 45.1 Å². The average molecular weight is 373 g/mol. The molecule has 2 aliphatic heterocycles. The number of hydrogen-bond acceptors (Lipinski definition) is 3. The van der Waals surface area contributed by atoms with Gasteiger partial charge in [-0.3, -0.25) is 0 Å². The maximum absolute atomic E-state index is 12.3. The van der Waals surface area contributed by atoms with Crippen molar-refractivity contribution in [2.75, 3.05) is 55.6 Å². The minimum absolute atomic E-state index is 0.0879. The van der Waals surface area contributed by atoms with Crippen LogP contribution < -0.4 is 15.1 Å². The Hall–Kier alpha value is -1.91. The van der Waals surface area contributed by atoms with E-state index in [2.05, 4.69) is 60.2 Å². The molecule has 0 radical (unpaired) electrons. The molecule has 3 rings (SSSR count). The Morgan fingerprint density at radius 3 is 2.00 bits per heavy atom. The summed E-state index contributed by atoms with van der Waals surface area (Å²) in [6, 6.07) is 9.09. The number of rotatable bonds is 5. The average Bonchev–Trinajstić information content (AvgIpc) is 2.68. The lowest BCUT2D eigenvalue weighted by molar-refractivity contribution is 0.194. The fourth-order valence-corrected chi connectivity index (χ4v) is 3.89. The van der Waals surface area contributed by atoms with Crippen LogP contribution in [0.1, 0.15) is 40.0 Å². The molecule has 2 fully saturated rings. The van der Waals surface area contributed by atoms with Crippen LogP contribution in [0.3, 0.4) is 0 Å². The Bertz CT molecular complexity index is 585. The third-order valence-corrected chi connectivity index (χ3v) is 5.93. The zero-order valence-corrected chi connectivity index (χ0v) is 17.3. The largest absolute Gasteiger partial charge is 0.372 e. The third kappa shape index (κ3) is 5.53. The van der Waals surface area contributed by atoms with E-state index >= 15 is 0 Å². The second-order valence-corrected chi connectivity index (χ2v) is 8.57. The summed E-state index contributed by atoms with van der Waals surface area (Å²) in [6.45, 7) is 13.2. The Balaban J connectivity index is 1.46. The van der Waals surface area contributed by atoms with Gasteiger partial charge in [-0.2, -0.15) is 0 Å². The van der Waals surface area contributed by atoms with Gasteiger partial charge in [0, 0.05) is 57.2 Å². The van der Waals surface area contributed by atoms with Crippen LogP contribution in [-0.4, -0.2) is 56.7 Å². The maximum Gasteiger partial charge on any atom is 0.317 e. The molecule has 2 heterocycles. The van der Waals surface area contributed by atoms with Crippen molar-refractivity contribution in [1.29, 1.82) is 0 Å². The van der Waals surface area contributed by atoms with Crippen molar-refractivity contribution in [3.05, 3.63) is 24.3 Å². The van der Waals surface area contributed by atoms with Crippen LogP contribution in [0.15, 0.2) is 24.3 Å². The number of urea groups is 1. The first kappa shape index (κ1) is 19.8. The van der Waals surface area contributed by atoms with Gasteiger partial charge in [-0.15, -0.1) is 0 Å². The van der Waals surface area contributed by atoms with E-state index in [9.17, 15) is 4.79 Å². The SMILES string of the molecule is CC(C)CCNC(=O)N1CCN(c2ccc(N3CCC(C)CC3)cc2)CC1. The number of hydrogen-bond donors (Lipinski definition) is 1. The maximum atomic E-state index is 12.3. The standard InChI is InChI=1S/C22H36N4O/c1-18(2)8-11-23-22(27)26-16-14-25(15-17-26)21-6-4-20(5-7-21)24-12-9-19(3)10-13-24/h4-7,18-19H,8-17H2,1-3H3,(H,23,27). The van der Waals surface area contributed by atoms with Crippen LogP contribution in [0.25, 0.3) is 0 Å². The van der Waals surface area contributed by atoms with Gasteiger partial charge >= 0.3 is 6.03 Å². The summed E-state index contributed by atoms with van der Waals surface area (Å²) >= 11 is 0. The van der Waals surface area contributed by atoms with Crippen LogP contribution in [0.5, 0.6) is 0 Å². The summed E-state index contributed by atoms with van der Waals surface area (Å²) in [5, 5.41) is 3.05. The van der Waals surface area contributed by atoms with Crippen LogP contribution in [0.4, 0.5) is 16.2 Å². The topological polar surface area (TPSA) is 38.8 Å². The molecule has 1 aromatic rings. The molecule has 0 bridgehead atoms. The van der Waals surface area contributed by atoms with Crippen molar-refractivity contribution in [1.82, 2.24) is 10.2 Å². The lowest BCUT2D eigenvalue weighted by atomic mass is 9.99. The van der Waals surface area contributed by atoms with Crippen molar-refractivity contribution in [2.45, 2.75) is 40.0 Å². The van der Waals surface area contributed by atoms with E-state index < -0.39 is 0 Å². The smallest absolute Gasteiger partial charge is 0.317 e. The Labute approximate surface area is 164 Å². The lowest BCUT2D eigenvalue weighted by Crippen LogP contribution is -2.52. The minimum Gasteiger partial charge on any atom is -0.372 e. The van der Waals surface area contributed by atoms with Gasteiger partial charge in [0.05, 0.1) is 0 Å². The van der Waals surface area contributed by atoms with E-state index in [-0.39, 0.29) is 6.03 Å². The van der Waals surface area contributed by atoms with Crippen molar-refractivity contribution >= 4 is 17.4 Å². The van der Waals surface area contributed by atoms with Gasteiger partial charge in [0.25, 0.3) is 0 Å². The van der Waals surface area contributed by atoms with Crippen molar-refractivity contribution in [3.63, 3.8) is 0 Å². The Morgan fingerprint density at radius 1 is 0.963 bits per heavy atom. The van der Waals surface area contributed by atoms with Crippen LogP contribution in [0.2, 0.25) is 0 Å². The number of benzene rings is 1. The quantitative estimate of drug-likeness (QED) is 0.854. The molecule has 2 aliphatic rings. The van der Waals surface area contributed by atoms with Gasteiger partial charge < -0.3 is 20.0 Å². The predicted molar refractivity (Wildman–Crippen MR) is 114 cm³/mol. The molecular formula is C22H36N4O. The molecule has 150 valence electrons. The molecule has 5 nitrogen and oxygen atoms in total. The first-order valence-corrected chi connectivity index (χ1v) is 10.7. The van der Waals surface area contributed by atoms with Gasteiger partial charge in [0.15, 0.2) is 0 Å². The molecule has 0 spiro atoms. The van der Waals surface area contributed by atoms with E-state index in [1.807, 2.05) is 4.90 Å². The molecule has 0 aliphatic carbocycles. The van der Waals surface area contributed by atoms with Crippen molar-refractivity contribution in [3.8, 4) is 0 Å². The summed E-state index contributed by atoms with van der Waals surface area (Å²) in [4.78, 5) is 19.1. The Morgan fingerprint density at radius 2 is 1.48 bits per heavy atom. The highest BCUT2D eigenvalue weighted by Gasteiger charge is 2.21. The molecule has 0 unspecified atom stereocenters. The van der Waals surface area contributed by atoms with Crippen molar-refractivity contribution < 1.29 is 4.79 Å². The fraction of sp³-hybridized carbons (Fsp3) is 0.682. The highest BCUT2D eigenvalue weighted by atomic mass is 16.2. The monoisotopic (exact) mass is 372 g/mol. The van der Waals surface area contributed by atoms with Gasteiger partial charge in [-0.1, -0.05) is 20.8 Å². The normalized spacial score (nSPS) is 18.9. The summed E-state index contributed by atoms with van der Waals surface area (Å²) in [6.07, 6.45) is 3.62. The number of carbonyl (C=O) groups is 1. The number of amides is 2. The second-order valence-electron chi connectivity index (χ2n) is 8.57. The first-order valence-electron chi connectivity index (χ1n) is 10.7. The Kier molecular flexibility index (Phi) is 6.86. The summed E-state index contributed by atoms with van der Waals surface area (Å²) in [5.41, 5.74) is 2.61. The first-order chi connectivity index (χ1) is 13.0. The molecule has 1 aromatic carbocycles. The molecular weight excluding hydrogens is 336 g/mol. The summed E-state index contributed by atoms with van der Waals surface area (Å²) < 4.78 is 0. The number of piperidine rings is 1. The summed E-state index contributed by atoms with van der Waals surface area (Å²) in [5.74, 6) is 1.48. The third-order valence-electron chi connectivity index (χ3n) is 5.93. The highest BCUT2D eigenvalue weighted by Crippen LogP contribution is 2.26. The minimum atomic E-state index is 0.0879. The molecule has 2 amide bonds. The van der Waals surface area contributed by atoms with Crippen molar-refractivity contribution in [2.24, 2.45) is 11.8 Å². The molecule has 0 aromatic heterocycles. The highest BCUT2D eigenvalue weighted by molar-refractivity contribution is 5.74. The zero-order chi connectivity index (χ0) is 19.2. The molecule has 2 saturated heterocycles. The van der Waals surface area contributed by atoms with Gasteiger partial charge in [0.1, 0.15) is 0 Å². The molecule has 0 atom stereocenters. The van der Waals surface area contributed by atoms with E-state index in [1.165, 1.54) is 37.3 Å². The number of carbonyl (C=O) groups excluding carboxylic acids is 1.